The molecule has 0 aliphatic carbocycles. The largest absolute Gasteiger partial charge is 0.357 e. The lowest BCUT2D eigenvalue weighted by Gasteiger charge is -2.13. The maximum absolute atomic E-state index is 5.79. The molecule has 130 valence electrons. The minimum atomic E-state index is 0. The molecular formula is C16H27ClIN5. The number of likely N-dealkylation sites (tertiary alicyclic amines) is 1. The number of hydrogen-bond donors (Lipinski definition) is 2. The van der Waals surface area contributed by atoms with Gasteiger partial charge in [-0.05, 0) is 50.9 Å². The van der Waals surface area contributed by atoms with Gasteiger partial charge in [0.05, 0.1) is 0 Å². The molecule has 1 aromatic rings. The SMILES string of the molecule is CCNC(=NCC1CCN(C)C1)NCCc1ccc(Cl)nc1.I. The van der Waals surface area contributed by atoms with E-state index in [0.717, 1.165) is 38.6 Å². The van der Waals surface area contributed by atoms with E-state index in [1.54, 1.807) is 0 Å². The monoisotopic (exact) mass is 451 g/mol. The molecule has 1 atom stereocenters. The van der Waals surface area contributed by atoms with Gasteiger partial charge >= 0.3 is 0 Å². The van der Waals surface area contributed by atoms with Crippen molar-refractivity contribution in [3.05, 3.63) is 29.0 Å². The zero-order valence-electron chi connectivity index (χ0n) is 13.9. The highest BCUT2D eigenvalue weighted by atomic mass is 127. The lowest BCUT2D eigenvalue weighted by Crippen LogP contribution is -2.38. The fourth-order valence-electron chi connectivity index (χ4n) is 2.62. The lowest BCUT2D eigenvalue weighted by atomic mass is 10.1. The molecule has 2 N–H and O–H groups in total. The molecule has 2 heterocycles. The average Bonchev–Trinajstić information content (AvgIpc) is 2.92. The molecule has 1 saturated heterocycles. The molecule has 1 aromatic heterocycles. The van der Waals surface area contributed by atoms with Crippen LogP contribution in [-0.4, -0.2) is 55.6 Å². The highest BCUT2D eigenvalue weighted by molar-refractivity contribution is 14.0. The highest BCUT2D eigenvalue weighted by Crippen LogP contribution is 2.14. The predicted octanol–water partition coefficient (Wildman–Crippen LogP) is 2.40. The summed E-state index contributed by atoms with van der Waals surface area (Å²) in [4.78, 5) is 11.2. The summed E-state index contributed by atoms with van der Waals surface area (Å²) < 4.78 is 0. The number of aliphatic imine (C=N–C) groups is 1. The van der Waals surface area contributed by atoms with Crippen LogP contribution in [0, 0.1) is 5.92 Å². The maximum atomic E-state index is 5.79. The molecule has 1 unspecified atom stereocenters. The predicted molar refractivity (Wildman–Crippen MR) is 108 cm³/mol. The third-order valence-electron chi connectivity index (χ3n) is 3.84. The Hall–Kier alpha value is -0.600. The minimum absolute atomic E-state index is 0. The zero-order valence-corrected chi connectivity index (χ0v) is 17.0. The van der Waals surface area contributed by atoms with Crippen LogP contribution in [0.25, 0.3) is 0 Å². The topological polar surface area (TPSA) is 52.6 Å². The van der Waals surface area contributed by atoms with Gasteiger partial charge in [-0.15, -0.1) is 24.0 Å². The first-order valence-electron chi connectivity index (χ1n) is 7.98. The minimum Gasteiger partial charge on any atom is -0.357 e. The summed E-state index contributed by atoms with van der Waals surface area (Å²) in [5.41, 5.74) is 1.17. The Kier molecular flexibility index (Phi) is 9.81. The van der Waals surface area contributed by atoms with E-state index in [0.29, 0.717) is 11.1 Å². The summed E-state index contributed by atoms with van der Waals surface area (Å²) in [6, 6.07) is 3.84. The number of hydrogen-bond acceptors (Lipinski definition) is 3. The van der Waals surface area contributed by atoms with Crippen LogP contribution in [0.15, 0.2) is 23.3 Å². The molecule has 2 rings (SSSR count). The first-order valence-corrected chi connectivity index (χ1v) is 8.36. The van der Waals surface area contributed by atoms with Gasteiger partial charge in [-0.2, -0.15) is 0 Å². The van der Waals surface area contributed by atoms with Crippen molar-refractivity contribution in [2.45, 2.75) is 19.8 Å². The number of nitrogens with one attached hydrogen (secondary N) is 2. The van der Waals surface area contributed by atoms with Crippen LogP contribution >= 0.6 is 35.6 Å². The van der Waals surface area contributed by atoms with Crippen molar-refractivity contribution in [2.24, 2.45) is 10.9 Å². The second kappa shape index (κ2) is 11.0. The number of halogens is 2. The quantitative estimate of drug-likeness (QED) is 0.302. The van der Waals surface area contributed by atoms with E-state index in [2.05, 4.69) is 34.5 Å². The molecule has 1 fully saturated rings. The summed E-state index contributed by atoms with van der Waals surface area (Å²) in [7, 11) is 2.17. The maximum Gasteiger partial charge on any atom is 0.191 e. The van der Waals surface area contributed by atoms with Crippen molar-refractivity contribution in [3.8, 4) is 0 Å². The fourth-order valence-corrected chi connectivity index (χ4v) is 2.73. The standard InChI is InChI=1S/C16H26ClN5.HI/c1-3-18-16(21-11-14-7-9-22(2)12-14)19-8-6-13-4-5-15(17)20-10-13;/h4-5,10,14H,3,6-9,11-12H2,1-2H3,(H2,18,19,21);1H. The molecular weight excluding hydrogens is 425 g/mol. The van der Waals surface area contributed by atoms with Crippen molar-refractivity contribution < 1.29 is 0 Å². The van der Waals surface area contributed by atoms with E-state index < -0.39 is 0 Å². The Morgan fingerprint density at radius 3 is 2.87 bits per heavy atom. The van der Waals surface area contributed by atoms with Gasteiger partial charge in [0.1, 0.15) is 5.15 Å². The van der Waals surface area contributed by atoms with Gasteiger partial charge in [0.2, 0.25) is 0 Å². The second-order valence-corrected chi connectivity index (χ2v) is 6.19. The first-order chi connectivity index (χ1) is 10.7. The van der Waals surface area contributed by atoms with Crippen LogP contribution < -0.4 is 10.6 Å². The Balaban J connectivity index is 0.00000264. The number of guanidine groups is 1. The average molecular weight is 452 g/mol. The highest BCUT2D eigenvalue weighted by Gasteiger charge is 2.18. The number of nitrogens with zero attached hydrogens (tertiary/aromatic N) is 3. The molecule has 7 heteroatoms. The molecule has 0 aromatic carbocycles. The van der Waals surface area contributed by atoms with E-state index >= 15 is 0 Å². The van der Waals surface area contributed by atoms with Crippen molar-refractivity contribution in [1.29, 1.82) is 0 Å². The molecule has 1 aliphatic heterocycles. The molecule has 0 bridgehead atoms. The van der Waals surface area contributed by atoms with Crippen LogP contribution in [0.4, 0.5) is 0 Å². The first kappa shape index (κ1) is 20.4. The van der Waals surface area contributed by atoms with Crippen LogP contribution in [0.5, 0.6) is 0 Å². The lowest BCUT2D eigenvalue weighted by molar-refractivity contribution is 0.397. The van der Waals surface area contributed by atoms with Gasteiger partial charge in [0.25, 0.3) is 0 Å². The van der Waals surface area contributed by atoms with E-state index in [-0.39, 0.29) is 24.0 Å². The van der Waals surface area contributed by atoms with E-state index in [1.165, 1.54) is 18.5 Å². The summed E-state index contributed by atoms with van der Waals surface area (Å²) in [5.74, 6) is 1.58. The third-order valence-corrected chi connectivity index (χ3v) is 4.06. The van der Waals surface area contributed by atoms with Gasteiger partial charge in [-0.1, -0.05) is 17.7 Å². The Morgan fingerprint density at radius 1 is 1.43 bits per heavy atom. The van der Waals surface area contributed by atoms with Crippen molar-refractivity contribution in [3.63, 3.8) is 0 Å². The molecule has 1 aliphatic rings. The fraction of sp³-hybridized carbons (Fsp3) is 0.625. The molecule has 0 radical (unpaired) electrons. The third kappa shape index (κ3) is 7.67. The van der Waals surface area contributed by atoms with Crippen LogP contribution in [0.3, 0.4) is 0 Å². The van der Waals surface area contributed by atoms with Gasteiger partial charge in [-0.3, -0.25) is 4.99 Å². The number of pyridine rings is 1. The smallest absolute Gasteiger partial charge is 0.191 e. The molecule has 23 heavy (non-hydrogen) atoms. The van der Waals surface area contributed by atoms with Crippen molar-refractivity contribution >= 4 is 41.5 Å². The van der Waals surface area contributed by atoms with E-state index in [9.17, 15) is 0 Å². The van der Waals surface area contributed by atoms with E-state index in [4.69, 9.17) is 16.6 Å². The summed E-state index contributed by atoms with van der Waals surface area (Å²) in [6.07, 6.45) is 3.97. The normalized spacial score (nSPS) is 18.6. The zero-order chi connectivity index (χ0) is 15.8. The van der Waals surface area contributed by atoms with Crippen LogP contribution in [0.2, 0.25) is 5.15 Å². The molecule has 5 nitrogen and oxygen atoms in total. The van der Waals surface area contributed by atoms with Gasteiger partial charge in [0, 0.05) is 32.4 Å². The Labute approximate surface area is 161 Å². The van der Waals surface area contributed by atoms with Crippen molar-refractivity contribution in [1.82, 2.24) is 20.5 Å². The summed E-state index contributed by atoms with van der Waals surface area (Å²) in [5, 5.41) is 7.22. The molecule has 0 saturated carbocycles. The molecule has 0 spiro atoms. The number of rotatable bonds is 6. The molecule has 0 amide bonds. The van der Waals surface area contributed by atoms with Crippen molar-refractivity contribution in [2.75, 3.05) is 39.8 Å². The summed E-state index contributed by atoms with van der Waals surface area (Å²) in [6.45, 7) is 7.03. The van der Waals surface area contributed by atoms with Crippen LogP contribution in [-0.2, 0) is 6.42 Å². The van der Waals surface area contributed by atoms with Gasteiger partial charge < -0.3 is 15.5 Å². The Bertz CT molecular complexity index is 480. The number of aromatic nitrogens is 1. The second-order valence-electron chi connectivity index (χ2n) is 5.80. The Morgan fingerprint density at radius 2 is 2.26 bits per heavy atom. The van der Waals surface area contributed by atoms with E-state index in [1.807, 2.05) is 18.3 Å². The van der Waals surface area contributed by atoms with Gasteiger partial charge in [0.15, 0.2) is 5.96 Å². The summed E-state index contributed by atoms with van der Waals surface area (Å²) >= 11 is 5.79. The van der Waals surface area contributed by atoms with Crippen LogP contribution in [0.1, 0.15) is 18.9 Å². The van der Waals surface area contributed by atoms with Gasteiger partial charge in [-0.25, -0.2) is 4.98 Å².